The highest BCUT2D eigenvalue weighted by molar-refractivity contribution is 6.06. The largest absolute Gasteiger partial charge is 0.397 e. The maximum atomic E-state index is 12.3. The lowest BCUT2D eigenvalue weighted by molar-refractivity contribution is 0.102. The molecule has 106 valence electrons. The van der Waals surface area contributed by atoms with E-state index in [0.717, 1.165) is 16.8 Å². The highest BCUT2D eigenvalue weighted by Gasteiger charge is 2.15. The van der Waals surface area contributed by atoms with E-state index in [0.29, 0.717) is 23.4 Å². The van der Waals surface area contributed by atoms with Gasteiger partial charge in [0.25, 0.3) is 5.91 Å². The number of nitrogens with zero attached hydrogens (tertiary/aromatic N) is 2. The summed E-state index contributed by atoms with van der Waals surface area (Å²) >= 11 is 0. The molecular weight excluding hydrogens is 252 g/mol. The molecule has 0 fully saturated rings. The van der Waals surface area contributed by atoms with Gasteiger partial charge >= 0.3 is 0 Å². The van der Waals surface area contributed by atoms with Gasteiger partial charge in [0.05, 0.1) is 22.6 Å². The molecule has 0 saturated heterocycles. The van der Waals surface area contributed by atoms with Gasteiger partial charge in [-0.25, -0.2) is 0 Å². The molecule has 0 radical (unpaired) electrons. The predicted octanol–water partition coefficient (Wildman–Crippen LogP) is 2.43. The van der Waals surface area contributed by atoms with Gasteiger partial charge in [0.1, 0.15) is 0 Å². The standard InChI is InChI=1S/C15H20N4O/c1-5-13-11(8-19(4)18-13)15(20)17-14-7-10(3)9(2)6-12(14)16/h6-8H,5,16H2,1-4H3,(H,17,20). The van der Waals surface area contributed by atoms with E-state index in [1.165, 1.54) is 0 Å². The predicted molar refractivity (Wildman–Crippen MR) is 80.9 cm³/mol. The number of hydrogen-bond acceptors (Lipinski definition) is 3. The fraction of sp³-hybridized carbons (Fsp3) is 0.333. The van der Waals surface area contributed by atoms with Crippen LogP contribution >= 0.6 is 0 Å². The number of nitrogens with one attached hydrogen (secondary N) is 1. The summed E-state index contributed by atoms with van der Waals surface area (Å²) in [4.78, 5) is 12.3. The number of nitrogens with two attached hydrogens (primary N) is 1. The van der Waals surface area contributed by atoms with Crippen molar-refractivity contribution < 1.29 is 4.79 Å². The van der Waals surface area contributed by atoms with E-state index >= 15 is 0 Å². The Balaban J connectivity index is 2.30. The van der Waals surface area contributed by atoms with Crippen molar-refractivity contribution in [2.45, 2.75) is 27.2 Å². The summed E-state index contributed by atoms with van der Waals surface area (Å²) in [5, 5.41) is 7.14. The van der Waals surface area contributed by atoms with E-state index < -0.39 is 0 Å². The zero-order valence-corrected chi connectivity index (χ0v) is 12.3. The van der Waals surface area contributed by atoms with Crippen molar-refractivity contribution in [1.29, 1.82) is 0 Å². The number of aromatic nitrogens is 2. The number of carbonyl (C=O) groups excluding carboxylic acids is 1. The maximum absolute atomic E-state index is 12.3. The van der Waals surface area contributed by atoms with Crippen LogP contribution in [-0.4, -0.2) is 15.7 Å². The Morgan fingerprint density at radius 1 is 1.35 bits per heavy atom. The summed E-state index contributed by atoms with van der Waals surface area (Å²) < 4.78 is 1.65. The lowest BCUT2D eigenvalue weighted by atomic mass is 10.1. The van der Waals surface area contributed by atoms with Gasteiger partial charge in [0, 0.05) is 13.2 Å². The summed E-state index contributed by atoms with van der Waals surface area (Å²) in [6.07, 6.45) is 2.44. The molecule has 2 aromatic rings. The van der Waals surface area contributed by atoms with E-state index in [2.05, 4.69) is 10.4 Å². The Labute approximate surface area is 118 Å². The minimum Gasteiger partial charge on any atom is -0.397 e. The van der Waals surface area contributed by atoms with Gasteiger partial charge in [-0.1, -0.05) is 6.92 Å². The van der Waals surface area contributed by atoms with Crippen molar-refractivity contribution >= 4 is 17.3 Å². The Morgan fingerprint density at radius 2 is 2.00 bits per heavy atom. The second-order valence-corrected chi connectivity index (χ2v) is 4.99. The second kappa shape index (κ2) is 5.36. The van der Waals surface area contributed by atoms with Crippen LogP contribution in [0.1, 0.15) is 34.1 Å². The number of rotatable bonds is 3. The molecule has 1 aromatic heterocycles. The molecule has 1 heterocycles. The molecule has 2 rings (SSSR count). The quantitative estimate of drug-likeness (QED) is 0.843. The summed E-state index contributed by atoms with van der Waals surface area (Å²) in [5.41, 5.74) is 10.7. The van der Waals surface area contributed by atoms with Crippen LogP contribution in [0.5, 0.6) is 0 Å². The average Bonchev–Trinajstić information content (AvgIpc) is 2.77. The third-order valence-corrected chi connectivity index (χ3v) is 3.40. The van der Waals surface area contributed by atoms with Crippen molar-refractivity contribution in [1.82, 2.24) is 9.78 Å². The number of benzene rings is 1. The Morgan fingerprint density at radius 3 is 2.65 bits per heavy atom. The second-order valence-electron chi connectivity index (χ2n) is 4.99. The molecule has 1 aromatic carbocycles. The zero-order chi connectivity index (χ0) is 14.9. The number of aryl methyl sites for hydroxylation is 4. The number of anilines is 2. The third kappa shape index (κ3) is 2.66. The van der Waals surface area contributed by atoms with Gasteiger partial charge < -0.3 is 11.1 Å². The molecule has 3 N–H and O–H groups in total. The minimum absolute atomic E-state index is 0.176. The van der Waals surface area contributed by atoms with E-state index in [9.17, 15) is 4.79 Å². The molecule has 5 heteroatoms. The van der Waals surface area contributed by atoms with Crippen molar-refractivity contribution in [2.75, 3.05) is 11.1 Å². The van der Waals surface area contributed by atoms with Crippen molar-refractivity contribution in [2.24, 2.45) is 7.05 Å². The SMILES string of the molecule is CCc1nn(C)cc1C(=O)Nc1cc(C)c(C)cc1N. The molecule has 0 spiro atoms. The highest BCUT2D eigenvalue weighted by atomic mass is 16.1. The van der Waals surface area contributed by atoms with Gasteiger partial charge in [0.2, 0.25) is 0 Å². The minimum atomic E-state index is -0.176. The van der Waals surface area contributed by atoms with Gasteiger partial charge in [0.15, 0.2) is 0 Å². The van der Waals surface area contributed by atoms with Crippen molar-refractivity contribution in [3.05, 3.63) is 40.7 Å². The van der Waals surface area contributed by atoms with Crippen molar-refractivity contribution in [3.63, 3.8) is 0 Å². The molecular formula is C15H20N4O. The zero-order valence-electron chi connectivity index (χ0n) is 12.3. The molecule has 0 bridgehead atoms. The van der Waals surface area contributed by atoms with Crippen LogP contribution in [0.15, 0.2) is 18.3 Å². The van der Waals surface area contributed by atoms with Crippen LogP contribution in [0.4, 0.5) is 11.4 Å². The third-order valence-electron chi connectivity index (χ3n) is 3.40. The molecule has 0 saturated carbocycles. The first-order valence-electron chi connectivity index (χ1n) is 6.63. The summed E-state index contributed by atoms with van der Waals surface area (Å²) in [6, 6.07) is 3.76. The topological polar surface area (TPSA) is 72.9 Å². The number of nitrogen functional groups attached to an aromatic ring is 1. The Kier molecular flexibility index (Phi) is 3.79. The number of hydrogen-bond donors (Lipinski definition) is 2. The summed E-state index contributed by atoms with van der Waals surface area (Å²) in [6.45, 7) is 5.96. The molecule has 20 heavy (non-hydrogen) atoms. The molecule has 0 atom stereocenters. The van der Waals surface area contributed by atoms with E-state index in [1.54, 1.807) is 17.9 Å². The summed E-state index contributed by atoms with van der Waals surface area (Å²) in [5.74, 6) is -0.176. The smallest absolute Gasteiger partial charge is 0.259 e. The average molecular weight is 272 g/mol. The summed E-state index contributed by atoms with van der Waals surface area (Å²) in [7, 11) is 1.81. The molecule has 0 aliphatic carbocycles. The lowest BCUT2D eigenvalue weighted by Gasteiger charge is -2.11. The van der Waals surface area contributed by atoms with Gasteiger partial charge in [-0.05, 0) is 43.5 Å². The van der Waals surface area contributed by atoms with Crippen LogP contribution in [0, 0.1) is 13.8 Å². The van der Waals surface area contributed by atoms with Crippen LogP contribution in [0.25, 0.3) is 0 Å². The van der Waals surface area contributed by atoms with Crippen LogP contribution in [-0.2, 0) is 13.5 Å². The van der Waals surface area contributed by atoms with E-state index in [4.69, 9.17) is 5.73 Å². The normalized spacial score (nSPS) is 10.6. The van der Waals surface area contributed by atoms with Crippen LogP contribution in [0.3, 0.4) is 0 Å². The molecule has 0 unspecified atom stereocenters. The highest BCUT2D eigenvalue weighted by Crippen LogP contribution is 2.24. The van der Waals surface area contributed by atoms with Crippen molar-refractivity contribution in [3.8, 4) is 0 Å². The number of carbonyl (C=O) groups is 1. The fourth-order valence-electron chi connectivity index (χ4n) is 2.12. The monoisotopic (exact) mass is 272 g/mol. The molecule has 5 nitrogen and oxygen atoms in total. The Bertz CT molecular complexity index is 658. The van der Waals surface area contributed by atoms with Crippen LogP contribution in [0.2, 0.25) is 0 Å². The fourth-order valence-corrected chi connectivity index (χ4v) is 2.12. The van der Waals surface area contributed by atoms with Crippen LogP contribution < -0.4 is 11.1 Å². The van der Waals surface area contributed by atoms with Gasteiger partial charge in [-0.15, -0.1) is 0 Å². The van der Waals surface area contributed by atoms with Gasteiger partial charge in [-0.2, -0.15) is 5.10 Å². The lowest BCUT2D eigenvalue weighted by Crippen LogP contribution is -2.14. The Hall–Kier alpha value is -2.30. The van der Waals surface area contributed by atoms with E-state index in [1.807, 2.05) is 32.9 Å². The molecule has 1 amide bonds. The molecule has 0 aliphatic rings. The van der Waals surface area contributed by atoms with E-state index in [-0.39, 0.29) is 5.91 Å². The van der Waals surface area contributed by atoms with Gasteiger partial charge in [-0.3, -0.25) is 9.48 Å². The first-order valence-corrected chi connectivity index (χ1v) is 6.63. The maximum Gasteiger partial charge on any atom is 0.259 e. The molecule has 0 aliphatic heterocycles. The first kappa shape index (κ1) is 14.1. The first-order chi connectivity index (χ1) is 9.42. The number of amides is 1.